The van der Waals surface area contributed by atoms with Crippen LogP contribution in [-0.2, 0) is 0 Å². The normalized spacial score (nSPS) is 9.71. The lowest BCUT2D eigenvalue weighted by molar-refractivity contribution is 0.628. The van der Waals surface area contributed by atoms with Gasteiger partial charge in [0, 0.05) is 16.9 Å². The van der Waals surface area contributed by atoms with Gasteiger partial charge in [-0.25, -0.2) is 14.4 Å². The van der Waals surface area contributed by atoms with Crippen molar-refractivity contribution in [3.8, 4) is 6.07 Å². The quantitative estimate of drug-likeness (QED) is 0.888. The fraction of sp³-hybridized carbons (Fsp3) is 0. The molecule has 0 fully saturated rings. The Morgan fingerprint density at radius 3 is 2.88 bits per heavy atom. The van der Waals surface area contributed by atoms with E-state index in [-0.39, 0.29) is 16.7 Å². The summed E-state index contributed by atoms with van der Waals surface area (Å²) in [5.74, 6) is -0.248. The first kappa shape index (κ1) is 11.3. The van der Waals surface area contributed by atoms with Crippen LogP contribution in [-0.4, -0.2) is 9.97 Å². The van der Waals surface area contributed by atoms with E-state index in [1.807, 2.05) is 6.07 Å². The van der Waals surface area contributed by atoms with Crippen LogP contribution in [0.25, 0.3) is 0 Å². The molecule has 0 unspecified atom stereocenters. The molecular formula is C11H6ClFN4. The maximum absolute atomic E-state index is 13.1. The lowest BCUT2D eigenvalue weighted by Crippen LogP contribution is -1.98. The second-order valence-electron chi connectivity index (χ2n) is 3.16. The fourth-order valence-corrected chi connectivity index (χ4v) is 1.46. The molecule has 1 N–H and O–H groups in total. The molecule has 0 aliphatic carbocycles. The van der Waals surface area contributed by atoms with Crippen LogP contribution in [0.2, 0.25) is 5.02 Å². The Labute approximate surface area is 102 Å². The van der Waals surface area contributed by atoms with Crippen molar-refractivity contribution in [1.29, 1.82) is 5.26 Å². The zero-order chi connectivity index (χ0) is 12.3. The molecule has 1 aromatic carbocycles. The summed E-state index contributed by atoms with van der Waals surface area (Å²) in [6.07, 6.45) is 1.44. The first-order valence-electron chi connectivity index (χ1n) is 4.63. The summed E-state index contributed by atoms with van der Waals surface area (Å²) in [7, 11) is 0. The Kier molecular flexibility index (Phi) is 3.17. The minimum absolute atomic E-state index is 0.214. The average molecular weight is 249 g/mol. The molecule has 2 rings (SSSR count). The number of hydrogen-bond acceptors (Lipinski definition) is 4. The van der Waals surface area contributed by atoms with Gasteiger partial charge < -0.3 is 5.32 Å². The molecule has 17 heavy (non-hydrogen) atoms. The highest BCUT2D eigenvalue weighted by Crippen LogP contribution is 2.20. The summed E-state index contributed by atoms with van der Waals surface area (Å²) in [4.78, 5) is 7.80. The number of anilines is 2. The number of rotatable bonds is 2. The molecule has 0 atom stereocenters. The number of halogens is 2. The van der Waals surface area contributed by atoms with Gasteiger partial charge in [0.25, 0.3) is 0 Å². The molecule has 0 aliphatic rings. The van der Waals surface area contributed by atoms with Crippen molar-refractivity contribution in [2.45, 2.75) is 0 Å². The third kappa shape index (κ3) is 2.89. The maximum Gasteiger partial charge on any atom is 0.228 e. The minimum atomic E-state index is -0.462. The third-order valence-corrected chi connectivity index (χ3v) is 2.11. The lowest BCUT2D eigenvalue weighted by atomic mass is 10.3. The molecule has 2 aromatic rings. The topological polar surface area (TPSA) is 61.6 Å². The number of hydrogen-bond donors (Lipinski definition) is 1. The van der Waals surface area contributed by atoms with Crippen LogP contribution in [0.3, 0.4) is 0 Å². The maximum atomic E-state index is 13.1. The summed E-state index contributed by atoms with van der Waals surface area (Å²) in [6, 6.07) is 7.35. The van der Waals surface area contributed by atoms with Gasteiger partial charge in [0.05, 0.1) is 0 Å². The van der Waals surface area contributed by atoms with E-state index in [0.29, 0.717) is 5.69 Å². The predicted molar refractivity (Wildman–Crippen MR) is 61.4 cm³/mol. The van der Waals surface area contributed by atoms with Crippen molar-refractivity contribution < 1.29 is 4.39 Å². The van der Waals surface area contributed by atoms with Crippen LogP contribution in [0.4, 0.5) is 16.0 Å². The van der Waals surface area contributed by atoms with Gasteiger partial charge in [-0.15, -0.1) is 0 Å². The molecular weight excluding hydrogens is 243 g/mol. The molecule has 0 aliphatic heterocycles. The van der Waals surface area contributed by atoms with E-state index < -0.39 is 5.82 Å². The van der Waals surface area contributed by atoms with Gasteiger partial charge in [0.2, 0.25) is 5.95 Å². The minimum Gasteiger partial charge on any atom is -0.324 e. The van der Waals surface area contributed by atoms with Gasteiger partial charge in [0.1, 0.15) is 17.6 Å². The van der Waals surface area contributed by atoms with E-state index in [2.05, 4.69) is 15.3 Å². The Morgan fingerprint density at radius 1 is 1.35 bits per heavy atom. The molecule has 1 aromatic heterocycles. The second-order valence-corrected chi connectivity index (χ2v) is 3.60. The van der Waals surface area contributed by atoms with Crippen LogP contribution in [0.5, 0.6) is 0 Å². The summed E-state index contributed by atoms with van der Waals surface area (Å²) in [5.41, 5.74) is 0.648. The molecule has 4 nitrogen and oxygen atoms in total. The fourth-order valence-electron chi connectivity index (χ4n) is 1.24. The molecule has 0 spiro atoms. The van der Waals surface area contributed by atoms with Gasteiger partial charge >= 0.3 is 0 Å². The highest BCUT2D eigenvalue weighted by atomic mass is 35.5. The summed E-state index contributed by atoms with van der Waals surface area (Å²) < 4.78 is 13.1. The van der Waals surface area contributed by atoms with Crippen molar-refractivity contribution >= 4 is 23.2 Å². The lowest BCUT2D eigenvalue weighted by Gasteiger charge is -2.05. The Bertz CT molecular complexity index is 574. The monoisotopic (exact) mass is 248 g/mol. The molecule has 6 heteroatoms. The second kappa shape index (κ2) is 4.76. The standard InChI is InChI=1S/C11H6ClFN4/c12-7-3-8(13)5-10(4-7)17-11-15-2-1-9(6-14)16-11/h1-5H,(H,15,16,17). The Hall–Kier alpha value is -2.19. The molecule has 84 valence electrons. The molecule has 1 heterocycles. The smallest absolute Gasteiger partial charge is 0.228 e. The van der Waals surface area contributed by atoms with Crippen LogP contribution in [0.15, 0.2) is 30.5 Å². The van der Waals surface area contributed by atoms with Gasteiger partial charge in [-0.05, 0) is 24.3 Å². The third-order valence-electron chi connectivity index (χ3n) is 1.89. The zero-order valence-corrected chi connectivity index (χ0v) is 9.24. The molecule has 0 amide bonds. The van der Waals surface area contributed by atoms with E-state index in [0.717, 1.165) is 0 Å². The van der Waals surface area contributed by atoms with E-state index in [1.165, 1.54) is 30.5 Å². The number of benzene rings is 1. The van der Waals surface area contributed by atoms with Gasteiger partial charge in [-0.2, -0.15) is 5.26 Å². The van der Waals surface area contributed by atoms with Crippen molar-refractivity contribution in [2.75, 3.05) is 5.32 Å². The Morgan fingerprint density at radius 2 is 2.18 bits per heavy atom. The van der Waals surface area contributed by atoms with Crippen molar-refractivity contribution in [1.82, 2.24) is 9.97 Å². The van der Waals surface area contributed by atoms with E-state index in [4.69, 9.17) is 16.9 Å². The van der Waals surface area contributed by atoms with Crippen LogP contribution in [0.1, 0.15) is 5.69 Å². The zero-order valence-electron chi connectivity index (χ0n) is 8.48. The van der Waals surface area contributed by atoms with E-state index in [1.54, 1.807) is 0 Å². The summed E-state index contributed by atoms with van der Waals surface area (Å²) in [5, 5.41) is 11.7. The van der Waals surface area contributed by atoms with Crippen LogP contribution >= 0.6 is 11.6 Å². The van der Waals surface area contributed by atoms with Crippen LogP contribution < -0.4 is 5.32 Å². The molecule has 0 saturated heterocycles. The average Bonchev–Trinajstić information content (AvgIpc) is 2.28. The number of nitriles is 1. The first-order valence-corrected chi connectivity index (χ1v) is 5.01. The van der Waals surface area contributed by atoms with Crippen molar-refractivity contribution in [2.24, 2.45) is 0 Å². The highest BCUT2D eigenvalue weighted by molar-refractivity contribution is 6.30. The van der Waals surface area contributed by atoms with E-state index in [9.17, 15) is 4.39 Å². The van der Waals surface area contributed by atoms with Gasteiger partial charge in [-0.1, -0.05) is 11.6 Å². The van der Waals surface area contributed by atoms with Gasteiger partial charge in [0.15, 0.2) is 0 Å². The van der Waals surface area contributed by atoms with Crippen molar-refractivity contribution in [3.63, 3.8) is 0 Å². The first-order chi connectivity index (χ1) is 8.17. The highest BCUT2D eigenvalue weighted by Gasteiger charge is 2.02. The molecule has 0 bridgehead atoms. The van der Waals surface area contributed by atoms with E-state index >= 15 is 0 Å². The number of nitrogens with one attached hydrogen (secondary N) is 1. The number of nitrogens with zero attached hydrogens (tertiary/aromatic N) is 3. The molecule has 0 radical (unpaired) electrons. The Balaban J connectivity index is 2.28. The SMILES string of the molecule is N#Cc1ccnc(Nc2cc(F)cc(Cl)c2)n1. The van der Waals surface area contributed by atoms with Crippen LogP contribution in [0, 0.1) is 17.1 Å². The molecule has 0 saturated carbocycles. The number of aromatic nitrogens is 2. The largest absolute Gasteiger partial charge is 0.324 e. The summed E-state index contributed by atoms with van der Waals surface area (Å²) in [6.45, 7) is 0. The van der Waals surface area contributed by atoms with Gasteiger partial charge in [-0.3, -0.25) is 0 Å². The predicted octanol–water partition coefficient (Wildman–Crippen LogP) is 2.88. The van der Waals surface area contributed by atoms with Crippen molar-refractivity contribution in [3.05, 3.63) is 47.0 Å². The summed E-state index contributed by atoms with van der Waals surface area (Å²) >= 11 is 5.70.